The maximum Gasteiger partial charge on any atom is 0.0210 e. The molecule has 0 aliphatic heterocycles. The van der Waals surface area contributed by atoms with Crippen molar-refractivity contribution >= 4 is 0 Å². The van der Waals surface area contributed by atoms with Crippen molar-refractivity contribution in [3.05, 3.63) is 71.3 Å². The lowest BCUT2D eigenvalue weighted by atomic mass is 10.0. The predicted octanol–water partition coefficient (Wildman–Crippen LogP) is 4.36. The van der Waals surface area contributed by atoms with Gasteiger partial charge in [0.1, 0.15) is 0 Å². The molecule has 1 atom stereocenters. The Bertz CT molecular complexity index is 504. The Morgan fingerprint density at radius 3 is 2.15 bits per heavy atom. The molecule has 0 heterocycles. The Labute approximate surface area is 123 Å². The van der Waals surface area contributed by atoms with Crippen molar-refractivity contribution < 1.29 is 0 Å². The second kappa shape index (κ2) is 7.86. The van der Waals surface area contributed by atoms with Crippen LogP contribution in [0.15, 0.2) is 54.6 Å². The standard InChI is InChI=1S/C19H25N/c1-3-17-12-8-9-13-18(17)15-20-19(4-2)14-16-10-6-5-7-11-16/h5-13,19-20H,3-4,14-15H2,1-2H3. The minimum Gasteiger partial charge on any atom is -0.310 e. The number of nitrogens with one attached hydrogen (secondary N) is 1. The molecule has 2 rings (SSSR count). The molecule has 0 fully saturated rings. The van der Waals surface area contributed by atoms with E-state index < -0.39 is 0 Å². The highest BCUT2D eigenvalue weighted by atomic mass is 14.9. The summed E-state index contributed by atoms with van der Waals surface area (Å²) in [6.45, 7) is 5.45. The van der Waals surface area contributed by atoms with Gasteiger partial charge in [-0.15, -0.1) is 0 Å². The van der Waals surface area contributed by atoms with Crippen LogP contribution in [-0.4, -0.2) is 6.04 Å². The highest BCUT2D eigenvalue weighted by Crippen LogP contribution is 2.11. The zero-order chi connectivity index (χ0) is 14.2. The molecule has 0 aliphatic carbocycles. The minimum absolute atomic E-state index is 0.544. The van der Waals surface area contributed by atoms with E-state index in [9.17, 15) is 0 Å². The van der Waals surface area contributed by atoms with Gasteiger partial charge in [0.15, 0.2) is 0 Å². The topological polar surface area (TPSA) is 12.0 Å². The molecule has 0 bridgehead atoms. The van der Waals surface area contributed by atoms with E-state index in [0.29, 0.717) is 6.04 Å². The Hall–Kier alpha value is -1.60. The van der Waals surface area contributed by atoms with Crippen LogP contribution in [0, 0.1) is 0 Å². The zero-order valence-electron chi connectivity index (χ0n) is 12.6. The third-order valence-corrected chi connectivity index (χ3v) is 3.90. The van der Waals surface area contributed by atoms with Crippen molar-refractivity contribution in [1.82, 2.24) is 5.32 Å². The van der Waals surface area contributed by atoms with Gasteiger partial charge in [-0.1, -0.05) is 68.4 Å². The van der Waals surface area contributed by atoms with Gasteiger partial charge in [-0.3, -0.25) is 0 Å². The first-order valence-corrected chi connectivity index (χ1v) is 7.67. The summed E-state index contributed by atoms with van der Waals surface area (Å²) in [6.07, 6.45) is 3.36. The molecule has 1 N–H and O–H groups in total. The van der Waals surface area contributed by atoms with Crippen molar-refractivity contribution in [3.8, 4) is 0 Å². The Kier molecular flexibility index (Phi) is 5.82. The third kappa shape index (κ3) is 4.21. The van der Waals surface area contributed by atoms with Crippen LogP contribution in [0.1, 0.15) is 37.0 Å². The summed E-state index contributed by atoms with van der Waals surface area (Å²) >= 11 is 0. The van der Waals surface area contributed by atoms with Crippen molar-refractivity contribution in [3.63, 3.8) is 0 Å². The van der Waals surface area contributed by atoms with Crippen molar-refractivity contribution in [2.45, 2.75) is 45.7 Å². The first kappa shape index (κ1) is 14.8. The van der Waals surface area contributed by atoms with Gasteiger partial charge < -0.3 is 5.32 Å². The first-order valence-electron chi connectivity index (χ1n) is 7.67. The van der Waals surface area contributed by atoms with Crippen LogP contribution >= 0.6 is 0 Å². The lowest BCUT2D eigenvalue weighted by molar-refractivity contribution is 0.493. The molecular weight excluding hydrogens is 242 g/mol. The van der Waals surface area contributed by atoms with Gasteiger partial charge >= 0.3 is 0 Å². The number of benzene rings is 2. The van der Waals surface area contributed by atoms with Crippen LogP contribution < -0.4 is 5.32 Å². The summed E-state index contributed by atoms with van der Waals surface area (Å²) in [5, 5.41) is 3.71. The molecule has 0 saturated carbocycles. The summed E-state index contributed by atoms with van der Waals surface area (Å²) < 4.78 is 0. The fraction of sp³-hybridized carbons (Fsp3) is 0.368. The zero-order valence-corrected chi connectivity index (χ0v) is 12.6. The number of rotatable bonds is 7. The average Bonchev–Trinajstić information content (AvgIpc) is 2.52. The summed E-state index contributed by atoms with van der Waals surface area (Å²) in [4.78, 5) is 0. The third-order valence-electron chi connectivity index (χ3n) is 3.90. The molecule has 0 radical (unpaired) electrons. The molecule has 1 heteroatoms. The van der Waals surface area contributed by atoms with E-state index in [2.05, 4.69) is 73.8 Å². The molecular formula is C19H25N. The van der Waals surface area contributed by atoms with E-state index >= 15 is 0 Å². The van der Waals surface area contributed by atoms with Crippen molar-refractivity contribution in [2.75, 3.05) is 0 Å². The number of hydrogen-bond acceptors (Lipinski definition) is 1. The second-order valence-corrected chi connectivity index (χ2v) is 5.30. The Morgan fingerprint density at radius 1 is 0.850 bits per heavy atom. The highest BCUT2D eigenvalue weighted by Gasteiger charge is 2.08. The van der Waals surface area contributed by atoms with Crippen LogP contribution in [0.2, 0.25) is 0 Å². The minimum atomic E-state index is 0.544. The molecule has 106 valence electrons. The summed E-state index contributed by atoms with van der Waals surface area (Å²) in [5.74, 6) is 0. The van der Waals surface area contributed by atoms with E-state index in [0.717, 1.165) is 25.8 Å². The number of aryl methyl sites for hydroxylation is 1. The van der Waals surface area contributed by atoms with Crippen molar-refractivity contribution in [2.24, 2.45) is 0 Å². The van der Waals surface area contributed by atoms with Crippen LogP contribution in [0.5, 0.6) is 0 Å². The average molecular weight is 267 g/mol. The molecule has 0 amide bonds. The molecule has 20 heavy (non-hydrogen) atoms. The smallest absolute Gasteiger partial charge is 0.0210 e. The predicted molar refractivity (Wildman–Crippen MR) is 86.9 cm³/mol. The van der Waals surface area contributed by atoms with Gasteiger partial charge in [-0.25, -0.2) is 0 Å². The Balaban J connectivity index is 1.94. The lowest BCUT2D eigenvalue weighted by Crippen LogP contribution is -2.30. The lowest BCUT2D eigenvalue weighted by Gasteiger charge is -2.18. The van der Waals surface area contributed by atoms with Gasteiger partial charge in [0, 0.05) is 12.6 Å². The van der Waals surface area contributed by atoms with E-state index in [4.69, 9.17) is 0 Å². The first-order chi connectivity index (χ1) is 9.83. The normalized spacial score (nSPS) is 12.3. The number of hydrogen-bond donors (Lipinski definition) is 1. The SMILES string of the molecule is CCc1ccccc1CNC(CC)Cc1ccccc1. The quantitative estimate of drug-likeness (QED) is 0.786. The Morgan fingerprint density at radius 2 is 1.50 bits per heavy atom. The van der Waals surface area contributed by atoms with Gasteiger partial charge in [0.05, 0.1) is 0 Å². The van der Waals surface area contributed by atoms with E-state index in [1.54, 1.807) is 0 Å². The molecule has 0 aromatic heterocycles. The van der Waals surface area contributed by atoms with Crippen LogP contribution in [0.3, 0.4) is 0 Å². The van der Waals surface area contributed by atoms with Gasteiger partial charge in [-0.2, -0.15) is 0 Å². The molecule has 0 saturated heterocycles. The maximum absolute atomic E-state index is 3.71. The van der Waals surface area contributed by atoms with Crippen LogP contribution in [0.4, 0.5) is 0 Å². The van der Waals surface area contributed by atoms with Gasteiger partial charge in [0.2, 0.25) is 0 Å². The molecule has 0 aliphatic rings. The summed E-state index contributed by atoms with van der Waals surface area (Å²) in [5.41, 5.74) is 4.30. The van der Waals surface area contributed by atoms with E-state index in [1.807, 2.05) is 0 Å². The van der Waals surface area contributed by atoms with Crippen LogP contribution in [0.25, 0.3) is 0 Å². The fourth-order valence-corrected chi connectivity index (χ4v) is 2.59. The largest absolute Gasteiger partial charge is 0.310 e. The highest BCUT2D eigenvalue weighted by molar-refractivity contribution is 5.27. The fourth-order valence-electron chi connectivity index (χ4n) is 2.59. The molecule has 2 aromatic carbocycles. The van der Waals surface area contributed by atoms with E-state index in [1.165, 1.54) is 16.7 Å². The molecule has 1 nitrogen and oxygen atoms in total. The van der Waals surface area contributed by atoms with E-state index in [-0.39, 0.29) is 0 Å². The molecule has 1 unspecified atom stereocenters. The van der Waals surface area contributed by atoms with Gasteiger partial charge in [-0.05, 0) is 36.0 Å². The van der Waals surface area contributed by atoms with Crippen molar-refractivity contribution in [1.29, 1.82) is 0 Å². The monoisotopic (exact) mass is 267 g/mol. The van der Waals surface area contributed by atoms with Gasteiger partial charge in [0.25, 0.3) is 0 Å². The summed E-state index contributed by atoms with van der Waals surface area (Å²) in [7, 11) is 0. The summed E-state index contributed by atoms with van der Waals surface area (Å²) in [6, 6.07) is 20.0. The molecule has 0 spiro atoms. The second-order valence-electron chi connectivity index (χ2n) is 5.30. The maximum atomic E-state index is 3.71. The van der Waals surface area contributed by atoms with Crippen LogP contribution in [-0.2, 0) is 19.4 Å². The molecule has 2 aromatic rings.